The molecule has 1 aromatic rings. The van der Waals surface area contributed by atoms with Gasteiger partial charge in [0.1, 0.15) is 11.7 Å². The summed E-state index contributed by atoms with van der Waals surface area (Å²) in [6.45, 7) is 5.40. The monoisotopic (exact) mass is 274 g/mol. The lowest BCUT2D eigenvalue weighted by Crippen LogP contribution is -2.22. The van der Waals surface area contributed by atoms with Crippen molar-refractivity contribution >= 4 is 11.8 Å². The molecule has 0 aliphatic carbocycles. The van der Waals surface area contributed by atoms with Crippen LogP contribution in [0.15, 0.2) is 42.5 Å². The van der Waals surface area contributed by atoms with Gasteiger partial charge in [0.05, 0.1) is 0 Å². The molecule has 2 atom stereocenters. The van der Waals surface area contributed by atoms with Crippen LogP contribution in [0.1, 0.15) is 31.1 Å². The summed E-state index contributed by atoms with van der Waals surface area (Å²) in [5, 5.41) is 0. The van der Waals surface area contributed by atoms with Crippen LogP contribution in [0.3, 0.4) is 0 Å². The van der Waals surface area contributed by atoms with E-state index < -0.39 is 17.7 Å². The van der Waals surface area contributed by atoms with Gasteiger partial charge < -0.3 is 9.47 Å². The smallest absolute Gasteiger partial charge is 0.331 e. The molecule has 106 valence electrons. The van der Waals surface area contributed by atoms with Crippen molar-refractivity contribution in [3.05, 3.63) is 48.0 Å². The molecule has 0 N–H and O–H groups in total. The van der Waals surface area contributed by atoms with E-state index in [2.05, 4.69) is 0 Å². The van der Waals surface area contributed by atoms with E-state index in [0.29, 0.717) is 5.56 Å². The number of hydrogen-bond acceptors (Lipinski definition) is 4. The van der Waals surface area contributed by atoms with Crippen LogP contribution in [0.5, 0.6) is 0 Å². The molecular formula is C16H18O4. The molecule has 4 heteroatoms. The molecule has 1 aliphatic heterocycles. The highest BCUT2D eigenvalue weighted by molar-refractivity contribution is 6.01. The summed E-state index contributed by atoms with van der Waals surface area (Å²) in [7, 11) is 0. The van der Waals surface area contributed by atoms with Gasteiger partial charge in [0.15, 0.2) is 11.9 Å². The molecule has 0 amide bonds. The molecule has 1 aromatic carbocycles. The topological polar surface area (TPSA) is 55.9 Å². The van der Waals surface area contributed by atoms with Crippen LogP contribution in [0.4, 0.5) is 0 Å². The van der Waals surface area contributed by atoms with Crippen LogP contribution in [-0.4, -0.2) is 29.6 Å². The minimum absolute atomic E-state index is 0.0653. The third-order valence-electron chi connectivity index (χ3n) is 2.67. The summed E-state index contributed by atoms with van der Waals surface area (Å²) in [6, 6.07) is 8.96. The van der Waals surface area contributed by atoms with E-state index in [1.54, 1.807) is 51.1 Å². The standard InChI is InChI=1S/C16H18O4/c1-16(2,3)20-13(17)10-9-12-15(19-12)14(18)11-7-5-4-6-8-11/h4-10,12,15H,1-3H3/b10-9+/t12-,15+/m0/s1. The van der Waals surface area contributed by atoms with Crippen molar-refractivity contribution in [1.29, 1.82) is 0 Å². The second-order valence-corrected chi connectivity index (χ2v) is 5.64. The lowest BCUT2D eigenvalue weighted by atomic mass is 10.1. The minimum Gasteiger partial charge on any atom is -0.457 e. The van der Waals surface area contributed by atoms with Gasteiger partial charge in [-0.1, -0.05) is 30.3 Å². The fraction of sp³-hybridized carbons (Fsp3) is 0.375. The van der Waals surface area contributed by atoms with Crippen molar-refractivity contribution in [3.63, 3.8) is 0 Å². The van der Waals surface area contributed by atoms with Crippen LogP contribution in [-0.2, 0) is 14.3 Å². The third kappa shape index (κ3) is 4.03. The fourth-order valence-electron chi connectivity index (χ4n) is 1.76. The molecule has 0 saturated carbocycles. The average molecular weight is 274 g/mol. The number of ether oxygens (including phenoxy) is 2. The molecule has 2 rings (SSSR count). The van der Waals surface area contributed by atoms with Gasteiger partial charge in [0.25, 0.3) is 0 Å². The highest BCUT2D eigenvalue weighted by atomic mass is 16.6. The molecule has 0 bridgehead atoms. The highest BCUT2D eigenvalue weighted by Gasteiger charge is 2.43. The SMILES string of the molecule is CC(C)(C)OC(=O)/C=C/[C@@H]1O[C@H]1C(=O)c1ccccc1. The second kappa shape index (κ2) is 5.59. The number of carbonyl (C=O) groups is 2. The van der Waals surface area contributed by atoms with Gasteiger partial charge in [-0.2, -0.15) is 0 Å². The Morgan fingerprint density at radius 1 is 1.20 bits per heavy atom. The van der Waals surface area contributed by atoms with Crippen LogP contribution in [0, 0.1) is 0 Å². The van der Waals surface area contributed by atoms with E-state index in [1.807, 2.05) is 6.07 Å². The number of esters is 1. The number of carbonyl (C=O) groups excluding carboxylic acids is 2. The molecule has 1 aliphatic rings. The second-order valence-electron chi connectivity index (χ2n) is 5.64. The Morgan fingerprint density at radius 3 is 2.45 bits per heavy atom. The number of ketones is 1. The zero-order valence-corrected chi connectivity index (χ0v) is 11.8. The normalized spacial score (nSPS) is 21.8. The van der Waals surface area contributed by atoms with Crippen molar-refractivity contribution in [2.24, 2.45) is 0 Å². The van der Waals surface area contributed by atoms with Crippen LogP contribution in [0.2, 0.25) is 0 Å². The van der Waals surface area contributed by atoms with Crippen molar-refractivity contribution in [1.82, 2.24) is 0 Å². The maximum absolute atomic E-state index is 12.0. The van der Waals surface area contributed by atoms with Gasteiger partial charge in [-0.05, 0) is 26.8 Å². The highest BCUT2D eigenvalue weighted by Crippen LogP contribution is 2.27. The molecule has 0 radical (unpaired) electrons. The van der Waals surface area contributed by atoms with E-state index in [9.17, 15) is 9.59 Å². The first-order valence-corrected chi connectivity index (χ1v) is 6.53. The molecule has 0 aromatic heterocycles. The van der Waals surface area contributed by atoms with Gasteiger partial charge in [-0.15, -0.1) is 0 Å². The zero-order valence-electron chi connectivity index (χ0n) is 11.8. The van der Waals surface area contributed by atoms with Gasteiger partial charge >= 0.3 is 5.97 Å². The van der Waals surface area contributed by atoms with Gasteiger partial charge in [0, 0.05) is 11.6 Å². The average Bonchev–Trinajstić information content (AvgIpc) is 3.14. The largest absolute Gasteiger partial charge is 0.457 e. The van der Waals surface area contributed by atoms with E-state index >= 15 is 0 Å². The van der Waals surface area contributed by atoms with Crippen molar-refractivity contribution in [2.75, 3.05) is 0 Å². The summed E-state index contributed by atoms with van der Waals surface area (Å²) in [5.41, 5.74) is 0.0936. The quantitative estimate of drug-likeness (QED) is 0.366. The lowest BCUT2D eigenvalue weighted by Gasteiger charge is -2.17. The first-order chi connectivity index (χ1) is 9.37. The number of Topliss-reactive ketones (excluding diaryl/α,β-unsaturated/α-hetero) is 1. The predicted octanol–water partition coefficient (Wildman–Crippen LogP) is 2.53. The minimum atomic E-state index is -0.523. The first-order valence-electron chi connectivity index (χ1n) is 6.53. The third-order valence-corrected chi connectivity index (χ3v) is 2.67. The summed E-state index contributed by atoms with van der Waals surface area (Å²) < 4.78 is 10.4. The fourth-order valence-corrected chi connectivity index (χ4v) is 1.76. The number of hydrogen-bond donors (Lipinski definition) is 0. The van der Waals surface area contributed by atoms with E-state index in [-0.39, 0.29) is 11.9 Å². The van der Waals surface area contributed by atoms with Gasteiger partial charge in [0.2, 0.25) is 0 Å². The van der Waals surface area contributed by atoms with Gasteiger partial charge in [-0.3, -0.25) is 4.79 Å². The van der Waals surface area contributed by atoms with Crippen LogP contribution >= 0.6 is 0 Å². The molecular weight excluding hydrogens is 256 g/mol. The lowest BCUT2D eigenvalue weighted by molar-refractivity contribution is -0.148. The van der Waals surface area contributed by atoms with Crippen molar-refractivity contribution in [3.8, 4) is 0 Å². The number of epoxide rings is 1. The Labute approximate surface area is 118 Å². The number of benzene rings is 1. The Bertz CT molecular complexity index is 525. The van der Waals surface area contributed by atoms with Crippen molar-refractivity contribution < 1.29 is 19.1 Å². The molecule has 20 heavy (non-hydrogen) atoms. The summed E-state index contributed by atoms with van der Waals surface area (Å²) in [4.78, 5) is 23.5. The van der Waals surface area contributed by atoms with E-state index in [4.69, 9.17) is 9.47 Å². The van der Waals surface area contributed by atoms with E-state index in [0.717, 1.165) is 0 Å². The van der Waals surface area contributed by atoms with Crippen molar-refractivity contribution in [2.45, 2.75) is 38.6 Å². The number of rotatable bonds is 4. The zero-order chi connectivity index (χ0) is 14.8. The molecule has 0 spiro atoms. The Balaban J connectivity index is 1.87. The van der Waals surface area contributed by atoms with Gasteiger partial charge in [-0.25, -0.2) is 4.79 Å². The Morgan fingerprint density at radius 2 is 1.85 bits per heavy atom. The maximum Gasteiger partial charge on any atom is 0.331 e. The summed E-state index contributed by atoms with van der Waals surface area (Å²) in [6.07, 6.45) is 2.06. The van der Waals surface area contributed by atoms with E-state index in [1.165, 1.54) is 6.08 Å². The predicted molar refractivity (Wildman–Crippen MR) is 74.4 cm³/mol. The Kier molecular flexibility index (Phi) is 4.04. The molecule has 4 nitrogen and oxygen atoms in total. The molecule has 1 fully saturated rings. The molecule has 1 saturated heterocycles. The van der Waals surface area contributed by atoms with Crippen LogP contribution in [0.25, 0.3) is 0 Å². The van der Waals surface area contributed by atoms with Crippen LogP contribution < -0.4 is 0 Å². The first kappa shape index (κ1) is 14.5. The summed E-state index contributed by atoms with van der Waals surface area (Å²) >= 11 is 0. The maximum atomic E-state index is 12.0. The summed E-state index contributed by atoms with van der Waals surface area (Å²) in [5.74, 6) is -0.497. The molecule has 1 heterocycles. The Hall–Kier alpha value is -1.94. The molecule has 0 unspecified atom stereocenters.